The van der Waals surface area contributed by atoms with Crippen LogP contribution in [0.1, 0.15) is 47.5 Å². The highest BCUT2D eigenvalue weighted by molar-refractivity contribution is 5.11. The zero-order valence-electron chi connectivity index (χ0n) is 11.4. The highest BCUT2D eigenvalue weighted by Gasteiger charge is 2.59. The maximum Gasteiger partial charge on any atom is 0.0685 e. The van der Waals surface area contributed by atoms with Crippen LogP contribution in [0, 0.1) is 17.3 Å². The van der Waals surface area contributed by atoms with Crippen molar-refractivity contribution in [2.75, 3.05) is 6.61 Å². The van der Waals surface area contributed by atoms with E-state index < -0.39 is 0 Å². The summed E-state index contributed by atoms with van der Waals surface area (Å²) in [6.45, 7) is 12.6. The van der Waals surface area contributed by atoms with Gasteiger partial charge >= 0.3 is 0 Å². The second-order valence-electron chi connectivity index (χ2n) is 6.47. The van der Waals surface area contributed by atoms with Gasteiger partial charge in [0.2, 0.25) is 0 Å². The van der Waals surface area contributed by atoms with Crippen LogP contribution in [0.5, 0.6) is 0 Å². The molecule has 1 aliphatic heterocycles. The molecule has 0 spiro atoms. The Balaban J connectivity index is 1.99. The number of hydrogen-bond acceptors (Lipinski definition) is 2. The van der Waals surface area contributed by atoms with Gasteiger partial charge in [0.15, 0.2) is 0 Å². The Bertz CT molecular complexity index is 249. The van der Waals surface area contributed by atoms with E-state index >= 15 is 0 Å². The molecule has 4 atom stereocenters. The van der Waals surface area contributed by atoms with Gasteiger partial charge in [0.25, 0.3) is 0 Å². The first-order valence-electron chi connectivity index (χ1n) is 6.86. The minimum atomic E-state index is 0.323. The monoisotopic (exact) mass is 225 g/mol. The van der Waals surface area contributed by atoms with Crippen molar-refractivity contribution in [1.29, 1.82) is 0 Å². The predicted octanol–water partition coefficient (Wildman–Crippen LogP) is 2.82. The maximum absolute atomic E-state index is 5.83. The smallest absolute Gasteiger partial charge is 0.0685 e. The molecule has 1 heterocycles. The van der Waals surface area contributed by atoms with Crippen molar-refractivity contribution >= 4 is 0 Å². The van der Waals surface area contributed by atoms with Crippen LogP contribution >= 0.6 is 0 Å². The normalized spacial score (nSPS) is 38.2. The van der Waals surface area contributed by atoms with Crippen molar-refractivity contribution in [3.8, 4) is 0 Å². The van der Waals surface area contributed by atoms with Crippen molar-refractivity contribution in [2.45, 2.75) is 65.6 Å². The zero-order valence-corrected chi connectivity index (χ0v) is 11.4. The molecule has 0 bridgehead atoms. The number of nitrogens with one attached hydrogen (secondary N) is 1. The summed E-state index contributed by atoms with van der Waals surface area (Å²) in [6, 6.07) is 1.32. The SMILES string of the molecule is CCC(NC1C2CCOC2C1(C)C)C(C)C. The summed E-state index contributed by atoms with van der Waals surface area (Å²) in [6.07, 6.45) is 2.98. The summed E-state index contributed by atoms with van der Waals surface area (Å²) in [7, 11) is 0. The molecular formula is C14H27NO. The first-order valence-corrected chi connectivity index (χ1v) is 6.86. The van der Waals surface area contributed by atoms with Gasteiger partial charge in [-0.3, -0.25) is 0 Å². The third-order valence-electron chi connectivity index (χ3n) is 4.74. The topological polar surface area (TPSA) is 21.3 Å². The Morgan fingerprint density at radius 3 is 2.62 bits per heavy atom. The van der Waals surface area contributed by atoms with Crippen molar-refractivity contribution < 1.29 is 4.74 Å². The standard InChI is InChI=1S/C14H27NO/c1-6-11(9(2)3)15-12-10-7-8-16-13(10)14(12,4)5/h9-13,15H,6-8H2,1-5H3. The van der Waals surface area contributed by atoms with Crippen molar-refractivity contribution in [3.63, 3.8) is 0 Å². The number of rotatable bonds is 4. The highest BCUT2D eigenvalue weighted by Crippen LogP contribution is 2.52. The first-order chi connectivity index (χ1) is 7.48. The zero-order chi connectivity index (χ0) is 11.9. The molecule has 2 fully saturated rings. The summed E-state index contributed by atoms with van der Waals surface area (Å²) in [5.74, 6) is 1.49. The molecule has 1 N–H and O–H groups in total. The van der Waals surface area contributed by atoms with Crippen molar-refractivity contribution in [1.82, 2.24) is 5.32 Å². The van der Waals surface area contributed by atoms with E-state index in [0.29, 0.717) is 23.6 Å². The quantitative estimate of drug-likeness (QED) is 0.794. The average molecular weight is 225 g/mol. The molecule has 1 aliphatic carbocycles. The Morgan fingerprint density at radius 1 is 1.38 bits per heavy atom. The minimum Gasteiger partial charge on any atom is -0.377 e. The summed E-state index contributed by atoms with van der Waals surface area (Å²) < 4.78 is 5.83. The molecule has 0 amide bonds. The van der Waals surface area contributed by atoms with Crippen LogP contribution in [0.4, 0.5) is 0 Å². The fraction of sp³-hybridized carbons (Fsp3) is 1.00. The van der Waals surface area contributed by atoms with E-state index in [1.54, 1.807) is 0 Å². The Hall–Kier alpha value is -0.0800. The van der Waals surface area contributed by atoms with Gasteiger partial charge in [-0.05, 0) is 18.8 Å². The molecule has 1 saturated carbocycles. The number of ether oxygens (including phenoxy) is 1. The summed E-state index contributed by atoms with van der Waals surface area (Å²) in [5.41, 5.74) is 0.323. The highest BCUT2D eigenvalue weighted by atomic mass is 16.5. The molecule has 0 radical (unpaired) electrons. The van der Waals surface area contributed by atoms with Gasteiger partial charge in [-0.25, -0.2) is 0 Å². The van der Waals surface area contributed by atoms with Crippen LogP contribution in [0.15, 0.2) is 0 Å². The van der Waals surface area contributed by atoms with E-state index in [1.807, 2.05) is 0 Å². The van der Waals surface area contributed by atoms with E-state index in [-0.39, 0.29) is 0 Å². The number of fused-ring (bicyclic) bond motifs is 1. The van der Waals surface area contributed by atoms with Gasteiger partial charge in [-0.15, -0.1) is 0 Å². The van der Waals surface area contributed by atoms with Crippen LogP contribution in [0.25, 0.3) is 0 Å². The summed E-state index contributed by atoms with van der Waals surface area (Å²) >= 11 is 0. The van der Waals surface area contributed by atoms with Gasteiger partial charge in [0.1, 0.15) is 0 Å². The number of hydrogen-bond donors (Lipinski definition) is 1. The molecule has 0 aromatic rings. The summed E-state index contributed by atoms with van der Waals surface area (Å²) in [4.78, 5) is 0. The van der Waals surface area contributed by atoms with E-state index in [9.17, 15) is 0 Å². The summed E-state index contributed by atoms with van der Waals surface area (Å²) in [5, 5.41) is 3.88. The molecule has 0 aromatic carbocycles. The largest absolute Gasteiger partial charge is 0.377 e. The lowest BCUT2D eigenvalue weighted by Crippen LogP contribution is -2.67. The fourth-order valence-corrected chi connectivity index (χ4v) is 3.67. The molecule has 2 heteroatoms. The molecule has 0 aromatic heterocycles. The second kappa shape index (κ2) is 4.30. The lowest BCUT2D eigenvalue weighted by molar-refractivity contribution is -0.116. The molecule has 1 saturated heterocycles. The van der Waals surface area contributed by atoms with E-state index in [2.05, 4.69) is 39.9 Å². The lowest BCUT2D eigenvalue weighted by atomic mass is 9.57. The van der Waals surface area contributed by atoms with Crippen molar-refractivity contribution in [2.24, 2.45) is 17.3 Å². The Kier molecular flexibility index (Phi) is 3.33. The van der Waals surface area contributed by atoms with Crippen LogP contribution in [0.2, 0.25) is 0 Å². The van der Waals surface area contributed by atoms with Gasteiger partial charge in [-0.1, -0.05) is 34.6 Å². The van der Waals surface area contributed by atoms with Crippen molar-refractivity contribution in [3.05, 3.63) is 0 Å². The van der Waals surface area contributed by atoms with Gasteiger partial charge in [0, 0.05) is 30.0 Å². The molecule has 2 aliphatic rings. The molecule has 16 heavy (non-hydrogen) atoms. The third kappa shape index (κ3) is 1.80. The molecule has 4 unspecified atom stereocenters. The first kappa shape index (κ1) is 12.4. The molecular weight excluding hydrogens is 198 g/mol. The van der Waals surface area contributed by atoms with Gasteiger partial charge in [-0.2, -0.15) is 0 Å². The van der Waals surface area contributed by atoms with Gasteiger partial charge < -0.3 is 10.1 Å². The van der Waals surface area contributed by atoms with Crippen LogP contribution in [0.3, 0.4) is 0 Å². The fourth-order valence-electron chi connectivity index (χ4n) is 3.67. The van der Waals surface area contributed by atoms with E-state index in [4.69, 9.17) is 4.74 Å². The lowest BCUT2D eigenvalue weighted by Gasteiger charge is -2.56. The second-order valence-corrected chi connectivity index (χ2v) is 6.47. The Morgan fingerprint density at radius 2 is 2.06 bits per heavy atom. The van der Waals surface area contributed by atoms with Crippen LogP contribution in [-0.2, 0) is 4.74 Å². The molecule has 2 rings (SSSR count). The van der Waals surface area contributed by atoms with E-state index in [1.165, 1.54) is 12.8 Å². The molecule has 94 valence electrons. The van der Waals surface area contributed by atoms with E-state index in [0.717, 1.165) is 18.4 Å². The molecule has 2 nitrogen and oxygen atoms in total. The van der Waals surface area contributed by atoms with Gasteiger partial charge in [0.05, 0.1) is 6.10 Å². The Labute approximate surface area is 100 Å². The maximum atomic E-state index is 5.83. The third-order valence-corrected chi connectivity index (χ3v) is 4.74. The predicted molar refractivity (Wildman–Crippen MR) is 67.5 cm³/mol. The average Bonchev–Trinajstić information content (AvgIpc) is 2.64. The minimum absolute atomic E-state index is 0.323. The van der Waals surface area contributed by atoms with Crippen LogP contribution in [-0.4, -0.2) is 24.8 Å². The van der Waals surface area contributed by atoms with Crippen LogP contribution < -0.4 is 5.32 Å².